The molecule has 28 heavy (non-hydrogen) atoms. The van der Waals surface area contributed by atoms with Crippen LogP contribution in [0.15, 0.2) is 60.7 Å². The van der Waals surface area contributed by atoms with Gasteiger partial charge < -0.3 is 9.47 Å². The van der Waals surface area contributed by atoms with E-state index in [1.54, 1.807) is 36.4 Å². The predicted octanol–water partition coefficient (Wildman–Crippen LogP) is 5.36. The van der Waals surface area contributed by atoms with Crippen molar-refractivity contribution >= 4 is 11.9 Å². The maximum atomic E-state index is 12.3. The second-order valence-electron chi connectivity index (χ2n) is 6.85. The summed E-state index contributed by atoms with van der Waals surface area (Å²) < 4.78 is 10.8. The van der Waals surface area contributed by atoms with Crippen molar-refractivity contribution in [3.8, 4) is 11.5 Å². The van der Waals surface area contributed by atoms with E-state index in [4.69, 9.17) is 9.47 Å². The lowest BCUT2D eigenvalue weighted by Crippen LogP contribution is -2.11. The van der Waals surface area contributed by atoms with Crippen LogP contribution in [0.5, 0.6) is 11.5 Å². The van der Waals surface area contributed by atoms with E-state index in [9.17, 15) is 9.59 Å². The van der Waals surface area contributed by atoms with Crippen LogP contribution in [0.1, 0.15) is 43.0 Å². The van der Waals surface area contributed by atoms with E-state index < -0.39 is 11.9 Å². The highest BCUT2D eigenvalue weighted by Gasteiger charge is 2.13. The van der Waals surface area contributed by atoms with Crippen LogP contribution in [-0.4, -0.2) is 11.9 Å². The van der Waals surface area contributed by atoms with Gasteiger partial charge in [-0.05, 0) is 98.5 Å². The average Bonchev–Trinajstić information content (AvgIpc) is 2.67. The van der Waals surface area contributed by atoms with Gasteiger partial charge in [-0.2, -0.15) is 0 Å². The van der Waals surface area contributed by atoms with E-state index in [1.807, 2.05) is 52.0 Å². The van der Waals surface area contributed by atoms with E-state index in [0.29, 0.717) is 22.6 Å². The van der Waals surface area contributed by atoms with Gasteiger partial charge in [-0.1, -0.05) is 12.1 Å². The van der Waals surface area contributed by atoms with Crippen LogP contribution in [0.2, 0.25) is 0 Å². The molecule has 0 radical (unpaired) electrons. The lowest BCUT2D eigenvalue weighted by molar-refractivity contribution is 0.0720. The van der Waals surface area contributed by atoms with Gasteiger partial charge in [0.25, 0.3) is 0 Å². The van der Waals surface area contributed by atoms with Gasteiger partial charge in [0, 0.05) is 0 Å². The first-order valence-electron chi connectivity index (χ1n) is 9.02. The third-order valence-corrected chi connectivity index (χ3v) is 4.73. The van der Waals surface area contributed by atoms with E-state index in [1.165, 1.54) is 0 Å². The van der Waals surface area contributed by atoms with Gasteiger partial charge in [-0.25, -0.2) is 9.59 Å². The van der Waals surface area contributed by atoms with Crippen LogP contribution >= 0.6 is 0 Å². The third-order valence-electron chi connectivity index (χ3n) is 4.73. The summed E-state index contributed by atoms with van der Waals surface area (Å²) in [5, 5.41) is 0. The molecule has 0 unspecified atom stereocenters. The van der Waals surface area contributed by atoms with Crippen LogP contribution < -0.4 is 9.47 Å². The van der Waals surface area contributed by atoms with Gasteiger partial charge >= 0.3 is 11.9 Å². The molecule has 0 aliphatic carbocycles. The summed E-state index contributed by atoms with van der Waals surface area (Å²) >= 11 is 0. The number of esters is 2. The highest BCUT2D eigenvalue weighted by Crippen LogP contribution is 2.20. The predicted molar refractivity (Wildman–Crippen MR) is 108 cm³/mol. The first-order valence-corrected chi connectivity index (χ1v) is 9.02. The van der Waals surface area contributed by atoms with Gasteiger partial charge in [0.1, 0.15) is 11.5 Å². The van der Waals surface area contributed by atoms with Gasteiger partial charge in [0.05, 0.1) is 11.1 Å². The molecule has 0 aliphatic rings. The van der Waals surface area contributed by atoms with Crippen LogP contribution in [0.25, 0.3) is 0 Å². The molecule has 0 aromatic heterocycles. The van der Waals surface area contributed by atoms with Crippen LogP contribution in [0.3, 0.4) is 0 Å². The van der Waals surface area contributed by atoms with Crippen molar-refractivity contribution in [2.75, 3.05) is 0 Å². The van der Waals surface area contributed by atoms with Gasteiger partial charge in [0.15, 0.2) is 0 Å². The molecule has 3 aromatic rings. The quantitative estimate of drug-likeness (QED) is 0.456. The molecule has 0 heterocycles. The van der Waals surface area contributed by atoms with Gasteiger partial charge in [0.2, 0.25) is 0 Å². The zero-order chi connectivity index (χ0) is 20.3. The molecular formula is C24H22O4. The second kappa shape index (κ2) is 8.09. The van der Waals surface area contributed by atoms with Crippen molar-refractivity contribution < 1.29 is 19.1 Å². The Morgan fingerprint density at radius 1 is 0.536 bits per heavy atom. The molecule has 4 heteroatoms. The number of ether oxygens (including phenoxy) is 2. The van der Waals surface area contributed by atoms with E-state index in [-0.39, 0.29) is 0 Å². The molecule has 4 nitrogen and oxygen atoms in total. The van der Waals surface area contributed by atoms with E-state index in [0.717, 1.165) is 22.3 Å². The first-order chi connectivity index (χ1) is 13.3. The van der Waals surface area contributed by atoms with Gasteiger partial charge in [-0.3, -0.25) is 0 Å². The Hall–Kier alpha value is -3.40. The number of hydrogen-bond donors (Lipinski definition) is 0. The lowest BCUT2D eigenvalue weighted by atomic mass is 10.1. The van der Waals surface area contributed by atoms with Crippen LogP contribution in [-0.2, 0) is 0 Å². The molecule has 0 N–H and O–H groups in total. The van der Waals surface area contributed by atoms with Gasteiger partial charge in [-0.15, -0.1) is 0 Å². The molecule has 0 aliphatic heterocycles. The third kappa shape index (κ3) is 4.46. The smallest absolute Gasteiger partial charge is 0.343 e. The number of aryl methyl sites for hydroxylation is 4. The highest BCUT2D eigenvalue weighted by atomic mass is 16.5. The van der Waals surface area contributed by atoms with Crippen molar-refractivity contribution in [3.63, 3.8) is 0 Å². The Bertz CT molecular complexity index is 948. The summed E-state index contributed by atoms with van der Waals surface area (Å²) in [7, 11) is 0. The Morgan fingerprint density at radius 3 is 1.21 bits per heavy atom. The molecule has 142 valence electrons. The summed E-state index contributed by atoms with van der Waals surface area (Å²) in [4.78, 5) is 24.6. The van der Waals surface area contributed by atoms with Crippen LogP contribution in [0.4, 0.5) is 0 Å². The molecule has 0 saturated heterocycles. The molecule has 3 aromatic carbocycles. The standard InChI is InChI=1S/C24H22O4/c1-15-5-11-21(13-17(15)3)27-23(25)19-7-9-20(10-8-19)24(26)28-22-12-6-16(2)18(4)14-22/h5-14H,1-4H3. The summed E-state index contributed by atoms with van der Waals surface area (Å²) in [6.45, 7) is 7.92. The summed E-state index contributed by atoms with van der Waals surface area (Å²) in [5.74, 6) is 0.0345. The molecule has 0 atom stereocenters. The minimum Gasteiger partial charge on any atom is -0.423 e. The van der Waals surface area contributed by atoms with Crippen molar-refractivity contribution in [2.24, 2.45) is 0 Å². The number of benzene rings is 3. The maximum absolute atomic E-state index is 12.3. The first kappa shape index (κ1) is 19.4. The average molecular weight is 374 g/mol. The zero-order valence-electron chi connectivity index (χ0n) is 16.4. The van der Waals surface area contributed by atoms with Crippen LogP contribution in [0, 0.1) is 27.7 Å². The fourth-order valence-corrected chi connectivity index (χ4v) is 2.63. The lowest BCUT2D eigenvalue weighted by Gasteiger charge is -2.08. The minimum absolute atomic E-state index is 0.362. The number of carbonyl (C=O) groups excluding carboxylic acids is 2. The van der Waals surface area contributed by atoms with Crippen molar-refractivity contribution in [1.82, 2.24) is 0 Å². The summed E-state index contributed by atoms with van der Waals surface area (Å²) in [6.07, 6.45) is 0. The molecule has 0 fully saturated rings. The van der Waals surface area contributed by atoms with Crippen molar-refractivity contribution in [2.45, 2.75) is 27.7 Å². The largest absolute Gasteiger partial charge is 0.423 e. The van der Waals surface area contributed by atoms with Crippen molar-refractivity contribution in [3.05, 3.63) is 94.0 Å². The minimum atomic E-state index is -0.475. The fourth-order valence-electron chi connectivity index (χ4n) is 2.63. The Balaban J connectivity index is 1.67. The molecular weight excluding hydrogens is 352 g/mol. The molecule has 0 amide bonds. The fraction of sp³-hybridized carbons (Fsp3) is 0.167. The Kier molecular flexibility index (Phi) is 5.59. The SMILES string of the molecule is Cc1ccc(OC(=O)c2ccc(C(=O)Oc3ccc(C)c(C)c3)cc2)cc1C. The topological polar surface area (TPSA) is 52.6 Å². The summed E-state index contributed by atoms with van der Waals surface area (Å²) in [5.41, 5.74) is 5.09. The Labute approximate surface area is 164 Å². The second-order valence-corrected chi connectivity index (χ2v) is 6.85. The number of hydrogen-bond acceptors (Lipinski definition) is 4. The normalized spacial score (nSPS) is 10.4. The molecule has 0 bridgehead atoms. The van der Waals surface area contributed by atoms with E-state index >= 15 is 0 Å². The number of carbonyl (C=O) groups is 2. The molecule has 0 saturated carbocycles. The maximum Gasteiger partial charge on any atom is 0.343 e. The molecule has 0 spiro atoms. The number of rotatable bonds is 4. The van der Waals surface area contributed by atoms with Crippen molar-refractivity contribution in [1.29, 1.82) is 0 Å². The highest BCUT2D eigenvalue weighted by molar-refractivity contribution is 5.94. The molecule has 3 rings (SSSR count). The Morgan fingerprint density at radius 2 is 0.893 bits per heavy atom. The monoisotopic (exact) mass is 374 g/mol. The zero-order valence-corrected chi connectivity index (χ0v) is 16.4. The summed E-state index contributed by atoms with van der Waals surface area (Å²) in [6, 6.07) is 17.2. The van der Waals surface area contributed by atoms with E-state index in [2.05, 4.69) is 0 Å².